The molecular formula is C2H2N2S2. The summed E-state index contributed by atoms with van der Waals surface area (Å²) >= 11 is 6.19. The fourth-order valence-corrected chi connectivity index (χ4v) is 0. The molecule has 0 spiro atoms. The van der Waals surface area contributed by atoms with E-state index in [4.69, 9.17) is 10.5 Å². The Morgan fingerprint density at radius 2 is 1.00 bits per heavy atom. The van der Waals surface area contributed by atoms with Crippen LogP contribution in [0.2, 0.25) is 0 Å². The molecule has 32 valence electrons. The lowest BCUT2D eigenvalue weighted by atomic mass is 11.8. The van der Waals surface area contributed by atoms with Crippen LogP contribution in [-0.4, -0.2) is 0 Å². The molecule has 0 unspecified atom stereocenters. The van der Waals surface area contributed by atoms with E-state index in [0.29, 0.717) is 0 Å². The van der Waals surface area contributed by atoms with Gasteiger partial charge >= 0.3 is 0 Å². The zero-order chi connectivity index (χ0) is 5.41. The van der Waals surface area contributed by atoms with Crippen molar-refractivity contribution in [1.29, 1.82) is 10.5 Å². The molecule has 2 nitrogen and oxygen atoms in total. The molecule has 0 bridgehead atoms. The van der Waals surface area contributed by atoms with Gasteiger partial charge in [-0.25, -0.2) is 0 Å². The number of hydrogen-bond donors (Lipinski definition) is 2. The third kappa shape index (κ3) is 258. The van der Waals surface area contributed by atoms with Gasteiger partial charge in [-0.2, -0.15) is 10.5 Å². The average Bonchev–Trinajstić information content (AvgIpc) is 1.39. The summed E-state index contributed by atoms with van der Waals surface area (Å²) in [5, 5.41) is 17.3. The molecule has 0 aliphatic carbocycles. The fourth-order valence-electron chi connectivity index (χ4n) is 0. The van der Waals surface area contributed by atoms with E-state index >= 15 is 0 Å². The lowest BCUT2D eigenvalue weighted by Gasteiger charge is -1.14. The van der Waals surface area contributed by atoms with Crippen LogP contribution < -0.4 is 0 Å². The van der Waals surface area contributed by atoms with Gasteiger partial charge < -0.3 is 0 Å². The summed E-state index contributed by atoms with van der Waals surface area (Å²) in [5.74, 6) is 0. The van der Waals surface area contributed by atoms with Crippen molar-refractivity contribution in [3.63, 3.8) is 0 Å². The van der Waals surface area contributed by atoms with Crippen molar-refractivity contribution in [3.8, 4) is 10.8 Å². The van der Waals surface area contributed by atoms with Gasteiger partial charge in [-0.3, -0.25) is 0 Å². The molecule has 0 fully saturated rings. The standard InChI is InChI=1S/2CHNS/c2*2-1-3/h2*3H. The lowest BCUT2D eigenvalue weighted by molar-refractivity contribution is 1.57. The second-order valence-corrected chi connectivity index (χ2v) is 0.600. The van der Waals surface area contributed by atoms with Crippen molar-refractivity contribution in [2.45, 2.75) is 0 Å². The zero-order valence-electron chi connectivity index (χ0n) is 2.79. The number of nitriles is 2. The molecule has 0 heterocycles. The second-order valence-electron chi connectivity index (χ2n) is 0.200. The summed E-state index contributed by atoms with van der Waals surface area (Å²) in [6, 6.07) is 0. The van der Waals surface area contributed by atoms with E-state index < -0.39 is 0 Å². The normalized spacial score (nSPS) is 2.67. The Morgan fingerprint density at radius 1 is 1.00 bits per heavy atom. The van der Waals surface area contributed by atoms with Crippen molar-refractivity contribution < 1.29 is 0 Å². The Labute approximate surface area is 47.2 Å². The van der Waals surface area contributed by atoms with Crippen molar-refractivity contribution >= 4 is 25.3 Å². The maximum Gasteiger partial charge on any atom is 0.130 e. The van der Waals surface area contributed by atoms with Crippen LogP contribution in [0.15, 0.2) is 0 Å². The molecule has 0 rings (SSSR count). The third-order valence-electron chi connectivity index (χ3n) is 0. The quantitative estimate of drug-likeness (QED) is 0.365. The van der Waals surface area contributed by atoms with E-state index in [2.05, 4.69) is 25.3 Å². The van der Waals surface area contributed by atoms with Crippen LogP contribution in [0.5, 0.6) is 0 Å². The smallest absolute Gasteiger partial charge is 0.130 e. The van der Waals surface area contributed by atoms with Gasteiger partial charge in [-0.05, 0) is 0 Å². The summed E-state index contributed by atoms with van der Waals surface area (Å²) in [6.07, 6.45) is 0. The van der Waals surface area contributed by atoms with Gasteiger partial charge in [0, 0.05) is 0 Å². The van der Waals surface area contributed by atoms with Crippen LogP contribution in [0.4, 0.5) is 0 Å². The topological polar surface area (TPSA) is 47.6 Å². The molecule has 0 saturated heterocycles. The summed E-state index contributed by atoms with van der Waals surface area (Å²) in [4.78, 5) is 0. The van der Waals surface area contributed by atoms with Crippen molar-refractivity contribution in [2.75, 3.05) is 0 Å². The van der Waals surface area contributed by atoms with Crippen LogP contribution in [0.3, 0.4) is 0 Å². The molecule has 0 atom stereocenters. The summed E-state index contributed by atoms with van der Waals surface area (Å²) < 4.78 is 0. The maximum atomic E-state index is 7.18. The molecule has 0 aliphatic heterocycles. The van der Waals surface area contributed by atoms with Gasteiger partial charge in [0.15, 0.2) is 0 Å². The third-order valence-corrected chi connectivity index (χ3v) is 0. The molecule has 4 heteroatoms. The Kier molecular flexibility index (Phi) is 34.4. The van der Waals surface area contributed by atoms with Crippen molar-refractivity contribution in [2.24, 2.45) is 0 Å². The molecule has 0 amide bonds. The first-order chi connectivity index (χ1) is 2.83. The minimum Gasteiger partial charge on any atom is -0.185 e. The SMILES string of the molecule is N#CS.N#CS. The van der Waals surface area contributed by atoms with E-state index in [1.54, 1.807) is 0 Å². The Balaban J connectivity index is 0. The molecular weight excluding hydrogens is 116 g/mol. The first-order valence-corrected chi connectivity index (χ1v) is 1.79. The van der Waals surface area contributed by atoms with Crippen LogP contribution in [0, 0.1) is 21.3 Å². The first kappa shape index (κ1) is 9.19. The van der Waals surface area contributed by atoms with E-state index in [1.807, 2.05) is 0 Å². The number of rotatable bonds is 0. The van der Waals surface area contributed by atoms with Gasteiger partial charge in [0.05, 0.1) is 0 Å². The molecule has 0 aliphatic rings. The number of thiocyanates is 2. The van der Waals surface area contributed by atoms with Gasteiger partial charge in [0.1, 0.15) is 10.8 Å². The summed E-state index contributed by atoms with van der Waals surface area (Å²) in [7, 11) is 0. The van der Waals surface area contributed by atoms with Crippen LogP contribution in [0.25, 0.3) is 0 Å². The van der Waals surface area contributed by atoms with E-state index in [-0.39, 0.29) is 0 Å². The Morgan fingerprint density at radius 3 is 1.00 bits per heavy atom. The van der Waals surface area contributed by atoms with Crippen LogP contribution >= 0.6 is 25.3 Å². The highest BCUT2D eigenvalue weighted by atomic mass is 32.1. The van der Waals surface area contributed by atoms with Gasteiger partial charge in [0.25, 0.3) is 0 Å². The monoisotopic (exact) mass is 118 g/mol. The van der Waals surface area contributed by atoms with E-state index in [0.717, 1.165) is 0 Å². The first-order valence-electron chi connectivity index (χ1n) is 0.894. The molecule has 6 heavy (non-hydrogen) atoms. The van der Waals surface area contributed by atoms with Crippen molar-refractivity contribution in [3.05, 3.63) is 0 Å². The lowest BCUT2D eigenvalue weighted by Crippen LogP contribution is -0.961. The summed E-state index contributed by atoms with van der Waals surface area (Å²) in [6.45, 7) is 0. The molecule has 0 aromatic heterocycles. The molecule has 0 aromatic rings. The second kappa shape index (κ2) is 22.5. The Bertz CT molecular complexity index is 64.5. The minimum atomic E-state index is 1.44. The molecule has 0 saturated carbocycles. The number of nitrogens with zero attached hydrogens (tertiary/aromatic N) is 2. The predicted molar refractivity (Wildman–Crippen MR) is 29.2 cm³/mol. The number of thiol groups is 2. The van der Waals surface area contributed by atoms with E-state index in [1.165, 1.54) is 10.8 Å². The zero-order valence-corrected chi connectivity index (χ0v) is 4.58. The highest BCUT2D eigenvalue weighted by Crippen LogP contribution is 1.46. The van der Waals surface area contributed by atoms with Gasteiger partial charge in [-0.15, -0.1) is 0 Å². The average molecular weight is 118 g/mol. The number of hydrogen-bond acceptors (Lipinski definition) is 4. The maximum absolute atomic E-state index is 7.18. The van der Waals surface area contributed by atoms with Gasteiger partial charge in [-0.1, -0.05) is 25.3 Å². The molecule has 0 aromatic carbocycles. The van der Waals surface area contributed by atoms with Crippen molar-refractivity contribution in [1.82, 2.24) is 0 Å². The fraction of sp³-hybridized carbons (Fsp3) is 0. The minimum absolute atomic E-state index is 1.44. The summed E-state index contributed by atoms with van der Waals surface area (Å²) in [5.41, 5.74) is 0. The highest BCUT2D eigenvalue weighted by Gasteiger charge is 1.18. The predicted octanol–water partition coefficient (Wildman–Crippen LogP) is 0.795. The Hall–Kier alpha value is -0.320. The molecule has 0 N–H and O–H groups in total. The van der Waals surface area contributed by atoms with E-state index in [9.17, 15) is 0 Å². The van der Waals surface area contributed by atoms with Gasteiger partial charge in [0.2, 0.25) is 0 Å². The van der Waals surface area contributed by atoms with Crippen LogP contribution in [-0.2, 0) is 0 Å². The highest BCUT2D eigenvalue weighted by molar-refractivity contribution is 7.85. The van der Waals surface area contributed by atoms with Crippen LogP contribution in [0.1, 0.15) is 0 Å². The molecule has 0 radical (unpaired) electrons. The largest absolute Gasteiger partial charge is 0.185 e.